The second kappa shape index (κ2) is 4.68. The van der Waals surface area contributed by atoms with Crippen molar-refractivity contribution in [3.63, 3.8) is 0 Å². The van der Waals surface area contributed by atoms with Gasteiger partial charge in [-0.2, -0.15) is 0 Å². The van der Waals surface area contributed by atoms with Crippen molar-refractivity contribution in [3.8, 4) is 11.3 Å². The van der Waals surface area contributed by atoms with Crippen LogP contribution in [-0.4, -0.2) is 18.1 Å². The summed E-state index contributed by atoms with van der Waals surface area (Å²) >= 11 is 0. The lowest BCUT2D eigenvalue weighted by Gasteiger charge is -2.21. The van der Waals surface area contributed by atoms with Gasteiger partial charge >= 0.3 is 0 Å². The smallest absolute Gasteiger partial charge is 0.199 e. The summed E-state index contributed by atoms with van der Waals surface area (Å²) in [6, 6.07) is 12.6. The fourth-order valence-electron chi connectivity index (χ4n) is 4.14. The third-order valence-corrected chi connectivity index (χ3v) is 5.12. The van der Waals surface area contributed by atoms with E-state index >= 15 is 0 Å². The molecular formula is C19H18N2O. The van der Waals surface area contributed by atoms with E-state index in [-0.39, 0.29) is 0 Å². The molecule has 1 saturated heterocycles. The maximum Gasteiger partial charge on any atom is 0.199 e. The van der Waals surface area contributed by atoms with Crippen LogP contribution in [0.5, 0.6) is 0 Å². The first-order valence-electron chi connectivity index (χ1n) is 8.04. The SMILES string of the molecule is c1ccc(Cc2ncc3c4c(cc-3o2)C2CNCC4C2)cc1. The van der Waals surface area contributed by atoms with Crippen LogP contribution in [0.4, 0.5) is 0 Å². The van der Waals surface area contributed by atoms with Crippen molar-refractivity contribution in [1.82, 2.24) is 10.3 Å². The summed E-state index contributed by atoms with van der Waals surface area (Å²) in [5, 5.41) is 3.54. The molecule has 22 heavy (non-hydrogen) atoms. The summed E-state index contributed by atoms with van der Waals surface area (Å²) in [5.74, 6) is 3.12. The number of benzene rings is 1. The molecular weight excluding hydrogens is 272 g/mol. The van der Waals surface area contributed by atoms with Gasteiger partial charge in [0.05, 0.1) is 0 Å². The monoisotopic (exact) mass is 290 g/mol. The Morgan fingerprint density at radius 1 is 1.14 bits per heavy atom. The second-order valence-electron chi connectivity index (χ2n) is 6.50. The van der Waals surface area contributed by atoms with Gasteiger partial charge in [-0.3, -0.25) is 0 Å². The number of fused-ring (bicyclic) bond motifs is 7. The Kier molecular flexibility index (Phi) is 2.64. The molecule has 0 spiro atoms. The maximum atomic E-state index is 6.10. The van der Waals surface area contributed by atoms with E-state index in [4.69, 9.17) is 4.42 Å². The first-order chi connectivity index (χ1) is 10.9. The minimum atomic E-state index is 0.642. The van der Waals surface area contributed by atoms with Gasteiger partial charge in [0, 0.05) is 31.3 Å². The van der Waals surface area contributed by atoms with Gasteiger partial charge in [0.15, 0.2) is 5.89 Å². The third kappa shape index (κ3) is 1.82. The Hall–Kier alpha value is -2.13. The highest BCUT2D eigenvalue weighted by Crippen LogP contribution is 2.50. The van der Waals surface area contributed by atoms with Crippen LogP contribution in [-0.2, 0) is 6.42 Å². The first-order valence-corrected chi connectivity index (χ1v) is 8.04. The topological polar surface area (TPSA) is 38.1 Å². The minimum Gasteiger partial charge on any atom is -0.442 e. The minimum absolute atomic E-state index is 0.642. The fraction of sp³-hybridized carbons (Fsp3) is 0.316. The van der Waals surface area contributed by atoms with Gasteiger partial charge in [0.2, 0.25) is 0 Å². The van der Waals surface area contributed by atoms with Crippen LogP contribution < -0.4 is 5.32 Å². The molecule has 2 heterocycles. The largest absolute Gasteiger partial charge is 0.442 e. The number of piperidine rings is 1. The lowest BCUT2D eigenvalue weighted by atomic mass is 9.95. The van der Waals surface area contributed by atoms with E-state index in [1.165, 1.54) is 28.7 Å². The zero-order valence-electron chi connectivity index (χ0n) is 12.4. The van der Waals surface area contributed by atoms with E-state index in [1.807, 2.05) is 12.3 Å². The molecule has 2 aliphatic carbocycles. The van der Waals surface area contributed by atoms with Gasteiger partial charge in [0.1, 0.15) is 5.76 Å². The standard InChI is InChI=1S/C19H18N2O/c1-2-4-12(5-3-1)6-18-21-11-16-17(22-18)8-15-13-7-14(19(15)16)10-20-9-13/h1-5,8,11,13-14,20H,6-7,9-10H2. The number of nitrogens with zero attached hydrogens (tertiary/aromatic N) is 1. The summed E-state index contributed by atoms with van der Waals surface area (Å²) in [5.41, 5.74) is 5.45. The summed E-state index contributed by atoms with van der Waals surface area (Å²) in [4.78, 5) is 4.58. The average Bonchev–Trinajstić information content (AvgIpc) is 3.04. The van der Waals surface area contributed by atoms with Crippen LogP contribution in [0.25, 0.3) is 11.3 Å². The number of rotatable bonds is 2. The van der Waals surface area contributed by atoms with Crippen molar-refractivity contribution in [2.75, 3.05) is 13.1 Å². The first kappa shape index (κ1) is 12.4. The van der Waals surface area contributed by atoms with Crippen LogP contribution in [0.15, 0.2) is 47.0 Å². The Morgan fingerprint density at radius 3 is 2.91 bits per heavy atom. The zero-order valence-corrected chi connectivity index (χ0v) is 12.4. The van der Waals surface area contributed by atoms with E-state index in [2.05, 4.69) is 40.6 Å². The van der Waals surface area contributed by atoms with E-state index in [1.54, 1.807) is 0 Å². The Labute approximate surface area is 129 Å². The number of hydrogen-bond acceptors (Lipinski definition) is 3. The Bertz CT molecular complexity index is 793. The van der Waals surface area contributed by atoms with Gasteiger partial charge in [-0.05, 0) is 41.0 Å². The molecule has 2 unspecified atom stereocenters. The van der Waals surface area contributed by atoms with Gasteiger partial charge in [-0.1, -0.05) is 30.3 Å². The summed E-state index contributed by atoms with van der Waals surface area (Å²) < 4.78 is 6.10. The molecule has 1 N–H and O–H groups in total. The maximum absolute atomic E-state index is 6.10. The van der Waals surface area contributed by atoms with Crippen molar-refractivity contribution >= 4 is 0 Å². The summed E-state index contributed by atoms with van der Waals surface area (Å²) in [6.45, 7) is 2.19. The van der Waals surface area contributed by atoms with Crippen molar-refractivity contribution in [2.24, 2.45) is 0 Å². The van der Waals surface area contributed by atoms with Gasteiger partial charge in [-0.25, -0.2) is 4.98 Å². The second-order valence-corrected chi connectivity index (χ2v) is 6.50. The van der Waals surface area contributed by atoms with Crippen LogP contribution in [0.3, 0.4) is 0 Å². The molecule has 3 nitrogen and oxygen atoms in total. The van der Waals surface area contributed by atoms with Crippen LogP contribution in [0.2, 0.25) is 0 Å². The van der Waals surface area contributed by atoms with E-state index in [0.717, 1.165) is 31.2 Å². The average molecular weight is 290 g/mol. The molecule has 2 bridgehead atoms. The molecule has 2 aliphatic heterocycles. The summed E-state index contributed by atoms with van der Waals surface area (Å²) in [6.07, 6.45) is 4.07. The molecule has 0 aromatic heterocycles. The van der Waals surface area contributed by atoms with Crippen LogP contribution >= 0.6 is 0 Å². The highest BCUT2D eigenvalue weighted by molar-refractivity contribution is 5.71. The molecule has 4 aliphatic rings. The molecule has 3 heteroatoms. The van der Waals surface area contributed by atoms with Crippen LogP contribution in [0.1, 0.15) is 40.8 Å². The molecule has 0 amide bonds. The molecule has 1 aromatic carbocycles. The molecule has 0 saturated carbocycles. The highest BCUT2D eigenvalue weighted by atomic mass is 16.3. The normalized spacial score (nSPS) is 22.9. The molecule has 1 fully saturated rings. The van der Waals surface area contributed by atoms with Gasteiger partial charge < -0.3 is 9.73 Å². The highest BCUT2D eigenvalue weighted by Gasteiger charge is 2.38. The Balaban J connectivity index is 1.55. The quantitative estimate of drug-likeness (QED) is 0.784. The van der Waals surface area contributed by atoms with E-state index in [0.29, 0.717) is 11.8 Å². The molecule has 110 valence electrons. The van der Waals surface area contributed by atoms with E-state index < -0.39 is 0 Å². The molecule has 2 atom stereocenters. The van der Waals surface area contributed by atoms with Crippen molar-refractivity contribution in [1.29, 1.82) is 0 Å². The molecule has 1 aromatic rings. The van der Waals surface area contributed by atoms with Crippen molar-refractivity contribution in [3.05, 3.63) is 65.2 Å². The number of nitrogens with one attached hydrogen (secondary N) is 1. The predicted molar refractivity (Wildman–Crippen MR) is 85.3 cm³/mol. The van der Waals surface area contributed by atoms with Crippen molar-refractivity contribution in [2.45, 2.75) is 24.7 Å². The lowest BCUT2D eigenvalue weighted by molar-refractivity contribution is 0.448. The number of aromatic nitrogens is 1. The molecule has 5 rings (SSSR count). The lowest BCUT2D eigenvalue weighted by Crippen LogP contribution is -2.29. The number of hydrogen-bond donors (Lipinski definition) is 1. The van der Waals surface area contributed by atoms with Crippen LogP contribution in [0, 0.1) is 0 Å². The third-order valence-electron chi connectivity index (χ3n) is 5.12. The van der Waals surface area contributed by atoms with Crippen molar-refractivity contribution < 1.29 is 4.42 Å². The predicted octanol–water partition coefficient (Wildman–Crippen LogP) is 3.54. The Morgan fingerprint density at radius 2 is 2.00 bits per heavy atom. The van der Waals surface area contributed by atoms with Gasteiger partial charge in [-0.15, -0.1) is 0 Å². The fourth-order valence-corrected chi connectivity index (χ4v) is 4.14. The van der Waals surface area contributed by atoms with E-state index in [9.17, 15) is 0 Å². The van der Waals surface area contributed by atoms with Gasteiger partial charge in [0.25, 0.3) is 0 Å². The molecule has 0 radical (unpaired) electrons. The summed E-state index contributed by atoms with van der Waals surface area (Å²) in [7, 11) is 0. The zero-order chi connectivity index (χ0) is 14.5.